The van der Waals surface area contributed by atoms with Gasteiger partial charge >= 0.3 is 5.97 Å². The summed E-state index contributed by atoms with van der Waals surface area (Å²) in [7, 11) is 0. The first-order valence-corrected chi connectivity index (χ1v) is 15.1. The second-order valence-electron chi connectivity index (χ2n) is 11.7. The lowest BCUT2D eigenvalue weighted by molar-refractivity contribution is -0.147. The molecule has 8 heteroatoms. The average molecular weight is 618 g/mol. The molecule has 0 aromatic heterocycles. The fourth-order valence-electron chi connectivity index (χ4n) is 4.39. The van der Waals surface area contributed by atoms with Gasteiger partial charge in [-0.15, -0.1) is 11.8 Å². The van der Waals surface area contributed by atoms with Crippen LogP contribution >= 0.6 is 11.8 Å². The van der Waals surface area contributed by atoms with E-state index in [9.17, 15) is 19.1 Å². The van der Waals surface area contributed by atoms with E-state index in [0.717, 1.165) is 23.1 Å². The molecule has 0 saturated carbocycles. The number of carbonyl (C=O) groups is 2. The molecule has 4 N–H and O–H groups in total. The molecule has 0 spiro atoms. The number of aliphatic carboxylic acids is 1. The van der Waals surface area contributed by atoms with Crippen LogP contribution in [0.1, 0.15) is 65.5 Å². The van der Waals surface area contributed by atoms with E-state index in [1.165, 1.54) is 17.8 Å². The maximum Gasteiger partial charge on any atom is 0.309 e. The number of hydrogen-bond donors (Lipinski definition) is 3. The van der Waals surface area contributed by atoms with Gasteiger partial charge in [-0.05, 0) is 82.4 Å². The number of benzene rings is 2. The molecule has 2 aromatic carbocycles. The normalized spacial score (nSPS) is 14.2. The van der Waals surface area contributed by atoms with Crippen molar-refractivity contribution in [3.05, 3.63) is 118 Å². The molecular formula is C36H44FN3O3S. The fraction of sp³-hybridized carbons (Fsp3) is 0.306. The van der Waals surface area contributed by atoms with Gasteiger partial charge < -0.3 is 21.0 Å². The number of nitrogens with zero attached hydrogens (tertiary/aromatic N) is 1. The lowest BCUT2D eigenvalue weighted by atomic mass is 9.80. The van der Waals surface area contributed by atoms with E-state index in [0.29, 0.717) is 45.7 Å². The standard InChI is InChI=1S/C36H44FN3O3S/c1-23(2)32(36(9,22-41)27(6)44-21-24(3)18-19-35(7,8)34(42)43)33(38)40-26(5)25(4)29-15-11-13-17-31(29)39-20-28-14-10-12-16-30(28)37/h10-17,21-22,39H,1,4,6,18-20,38H2,2-3,5,7-9H3,(H,42,43)/b24-21+,33-32+,40-26+. The molecule has 2 aromatic rings. The molecule has 0 fully saturated rings. The summed E-state index contributed by atoms with van der Waals surface area (Å²) in [5.74, 6) is -1.01. The van der Waals surface area contributed by atoms with Crippen molar-refractivity contribution in [1.82, 2.24) is 0 Å². The van der Waals surface area contributed by atoms with Crippen LogP contribution < -0.4 is 11.1 Å². The van der Waals surface area contributed by atoms with Crippen LogP contribution in [0.15, 0.2) is 106 Å². The Morgan fingerprint density at radius 1 is 1.07 bits per heavy atom. The van der Waals surface area contributed by atoms with Gasteiger partial charge in [-0.25, -0.2) is 9.38 Å². The predicted molar refractivity (Wildman–Crippen MR) is 184 cm³/mol. The number of carbonyl (C=O) groups excluding carboxylic acids is 1. The second-order valence-corrected chi connectivity index (χ2v) is 12.7. The van der Waals surface area contributed by atoms with Gasteiger partial charge in [0.25, 0.3) is 0 Å². The van der Waals surface area contributed by atoms with Crippen molar-refractivity contribution >= 4 is 41.0 Å². The largest absolute Gasteiger partial charge is 0.481 e. The van der Waals surface area contributed by atoms with Gasteiger partial charge in [0.05, 0.1) is 10.8 Å². The average Bonchev–Trinajstić information content (AvgIpc) is 2.97. The molecule has 0 saturated heterocycles. The number of hydrogen-bond acceptors (Lipinski definition) is 6. The minimum absolute atomic E-state index is 0.119. The quantitative estimate of drug-likeness (QED) is 0.0987. The van der Waals surface area contributed by atoms with Crippen molar-refractivity contribution in [2.75, 3.05) is 5.32 Å². The number of halogens is 1. The summed E-state index contributed by atoms with van der Waals surface area (Å²) in [5, 5.41) is 14.6. The highest BCUT2D eigenvalue weighted by molar-refractivity contribution is 8.05. The molecule has 234 valence electrons. The highest BCUT2D eigenvalue weighted by Crippen LogP contribution is 2.43. The summed E-state index contributed by atoms with van der Waals surface area (Å²) in [6, 6.07) is 14.1. The van der Waals surface area contributed by atoms with Crippen molar-refractivity contribution in [1.29, 1.82) is 0 Å². The Balaban J connectivity index is 2.35. The monoisotopic (exact) mass is 617 g/mol. The Bertz CT molecular complexity index is 1540. The highest BCUT2D eigenvalue weighted by Gasteiger charge is 2.35. The Hall–Kier alpha value is -4.17. The van der Waals surface area contributed by atoms with Crippen molar-refractivity contribution < 1.29 is 19.1 Å². The number of nitrogens with two attached hydrogens (primary N) is 1. The first-order valence-electron chi connectivity index (χ1n) is 14.2. The third kappa shape index (κ3) is 9.16. The minimum Gasteiger partial charge on any atom is -0.481 e. The minimum atomic E-state index is -1.21. The van der Waals surface area contributed by atoms with Crippen LogP contribution in [0.4, 0.5) is 10.1 Å². The number of rotatable bonds is 16. The van der Waals surface area contributed by atoms with Crippen molar-refractivity contribution in [2.24, 2.45) is 21.6 Å². The number of aldehydes is 1. The molecule has 6 nitrogen and oxygen atoms in total. The highest BCUT2D eigenvalue weighted by atomic mass is 32.2. The van der Waals surface area contributed by atoms with Gasteiger partial charge in [0.2, 0.25) is 0 Å². The van der Waals surface area contributed by atoms with Gasteiger partial charge in [0.1, 0.15) is 17.9 Å². The fourth-order valence-corrected chi connectivity index (χ4v) is 5.25. The molecule has 0 aliphatic heterocycles. The van der Waals surface area contributed by atoms with Crippen LogP contribution in [0, 0.1) is 16.6 Å². The number of carboxylic acid groups (broad SMARTS) is 1. The van der Waals surface area contributed by atoms with Crippen molar-refractivity contribution in [2.45, 2.75) is 60.9 Å². The summed E-state index contributed by atoms with van der Waals surface area (Å²) in [6.07, 6.45) is 1.86. The summed E-state index contributed by atoms with van der Waals surface area (Å²) in [6.45, 7) is 23.4. The zero-order valence-corrected chi connectivity index (χ0v) is 27.4. The number of allylic oxidation sites excluding steroid dienone is 5. The zero-order valence-electron chi connectivity index (χ0n) is 26.6. The van der Waals surface area contributed by atoms with Crippen LogP contribution in [-0.4, -0.2) is 23.1 Å². The van der Waals surface area contributed by atoms with Gasteiger partial charge in [-0.2, -0.15) is 0 Å². The summed E-state index contributed by atoms with van der Waals surface area (Å²) >= 11 is 1.30. The van der Waals surface area contributed by atoms with E-state index in [1.54, 1.807) is 52.8 Å². The third-order valence-electron chi connectivity index (χ3n) is 7.55. The number of aliphatic imine (C=N–C) groups is 1. The predicted octanol–water partition coefficient (Wildman–Crippen LogP) is 8.91. The van der Waals surface area contributed by atoms with Crippen LogP contribution in [0.25, 0.3) is 5.57 Å². The van der Waals surface area contributed by atoms with Crippen molar-refractivity contribution in [3.63, 3.8) is 0 Å². The zero-order chi connectivity index (χ0) is 33.2. The lowest BCUT2D eigenvalue weighted by Crippen LogP contribution is -2.26. The van der Waals surface area contributed by atoms with Crippen LogP contribution in [-0.2, 0) is 16.1 Å². The lowest BCUT2D eigenvalue weighted by Gasteiger charge is -2.29. The van der Waals surface area contributed by atoms with E-state index in [4.69, 9.17) is 5.73 Å². The molecule has 1 unspecified atom stereocenters. The first-order chi connectivity index (χ1) is 20.5. The molecule has 44 heavy (non-hydrogen) atoms. The maximum absolute atomic E-state index is 14.2. The Morgan fingerprint density at radius 2 is 1.68 bits per heavy atom. The van der Waals surface area contributed by atoms with E-state index < -0.39 is 16.8 Å². The Morgan fingerprint density at radius 3 is 2.27 bits per heavy atom. The van der Waals surface area contributed by atoms with E-state index in [1.807, 2.05) is 36.6 Å². The van der Waals surface area contributed by atoms with Crippen LogP contribution in [0.3, 0.4) is 0 Å². The van der Waals surface area contributed by atoms with Gasteiger partial charge in [-0.1, -0.05) is 67.3 Å². The SMILES string of the molecule is C=C(C)/C(=C(N)\N=C(/C)C(=C)c1ccccc1NCc1ccccc1F)C(C)(C=O)C(=C)S/C=C(\C)CCC(C)(C)C(=O)O. The van der Waals surface area contributed by atoms with E-state index >= 15 is 0 Å². The van der Waals surface area contributed by atoms with Crippen LogP contribution in [0.5, 0.6) is 0 Å². The summed E-state index contributed by atoms with van der Waals surface area (Å²) in [4.78, 5) is 29.2. The molecule has 0 bridgehead atoms. The second kappa shape index (κ2) is 15.5. The molecule has 0 aliphatic carbocycles. The molecule has 0 radical (unpaired) electrons. The maximum atomic E-state index is 14.2. The van der Waals surface area contributed by atoms with E-state index in [2.05, 4.69) is 30.0 Å². The Labute approximate surface area is 265 Å². The number of anilines is 1. The first kappa shape index (κ1) is 36.0. The molecule has 0 heterocycles. The number of carboxylic acids is 1. The van der Waals surface area contributed by atoms with Gasteiger partial charge in [0, 0.05) is 34.6 Å². The number of para-hydroxylation sites is 1. The smallest absolute Gasteiger partial charge is 0.309 e. The molecule has 2 rings (SSSR count). The molecule has 0 amide bonds. The number of thioether (sulfide) groups is 1. The third-order valence-corrected chi connectivity index (χ3v) is 8.78. The summed E-state index contributed by atoms with van der Waals surface area (Å²) < 4.78 is 14.2. The van der Waals surface area contributed by atoms with Gasteiger partial charge in [-0.3, -0.25) is 4.79 Å². The molecule has 1 atom stereocenters. The van der Waals surface area contributed by atoms with Crippen LogP contribution in [0.2, 0.25) is 0 Å². The van der Waals surface area contributed by atoms with E-state index in [-0.39, 0.29) is 18.2 Å². The van der Waals surface area contributed by atoms with Gasteiger partial charge in [0.15, 0.2) is 0 Å². The Kier molecular flexibility index (Phi) is 12.7. The number of nitrogens with one attached hydrogen (secondary N) is 1. The topological polar surface area (TPSA) is 105 Å². The molecular weight excluding hydrogens is 573 g/mol. The summed E-state index contributed by atoms with van der Waals surface area (Å²) in [5.41, 5.74) is 9.71. The van der Waals surface area contributed by atoms with Crippen molar-refractivity contribution in [3.8, 4) is 0 Å². The molecule has 0 aliphatic rings.